The molecule has 0 fully saturated rings. The monoisotopic (exact) mass is 609 g/mol. The molecule has 0 aliphatic heterocycles. The van der Waals surface area contributed by atoms with E-state index in [0.717, 1.165) is 12.1 Å². The van der Waals surface area contributed by atoms with Crippen molar-refractivity contribution in [2.24, 2.45) is 10.2 Å². The maximum atomic E-state index is 13.5. The van der Waals surface area contributed by atoms with E-state index in [1.54, 1.807) is 43.3 Å². The van der Waals surface area contributed by atoms with Gasteiger partial charge in [0.15, 0.2) is 0 Å². The molecule has 0 unspecified atom stereocenters. The number of hydrogen-bond donors (Lipinski definition) is 2. The van der Waals surface area contributed by atoms with Gasteiger partial charge in [-0.15, -0.1) is 0 Å². The van der Waals surface area contributed by atoms with Crippen molar-refractivity contribution in [3.8, 4) is 11.5 Å². The molecule has 0 aliphatic rings. The molecule has 0 aromatic heterocycles. The second kappa shape index (κ2) is 13.3. The van der Waals surface area contributed by atoms with Gasteiger partial charge >= 0.3 is 29.6 Å². The number of amides is 1. The molecule has 0 heterocycles. The summed E-state index contributed by atoms with van der Waals surface area (Å²) >= 11 is 12.4. The van der Waals surface area contributed by atoms with Crippen LogP contribution in [0.15, 0.2) is 75.8 Å². The van der Waals surface area contributed by atoms with E-state index in [1.807, 2.05) is 6.92 Å². The maximum absolute atomic E-state index is 13.5. The minimum absolute atomic E-state index is 0. The van der Waals surface area contributed by atoms with Crippen molar-refractivity contribution < 1.29 is 57.2 Å². The first-order valence-corrected chi connectivity index (χ1v) is 13.9. The number of fused-ring (bicyclic) bond motifs is 1. The zero-order valence-corrected chi connectivity index (χ0v) is 26.1. The Bertz CT molecular complexity index is 1730. The number of carbonyl (C=O) groups excluding carboxylic acids is 1. The molecule has 4 aromatic rings. The molecule has 1 amide bonds. The fourth-order valence-corrected chi connectivity index (χ4v) is 5.09. The van der Waals surface area contributed by atoms with Crippen LogP contribution in [0.5, 0.6) is 11.5 Å². The first-order chi connectivity index (χ1) is 18.5. The minimum atomic E-state index is -4.57. The normalized spacial score (nSPS) is 11.4. The Balaban J connectivity index is 0.00000441. The van der Waals surface area contributed by atoms with Crippen LogP contribution in [-0.4, -0.2) is 25.5 Å². The first kappa shape index (κ1) is 31.8. The Morgan fingerprint density at radius 3 is 2.40 bits per heavy atom. The van der Waals surface area contributed by atoms with Crippen LogP contribution in [0.4, 0.5) is 17.1 Å². The van der Waals surface area contributed by atoms with Crippen molar-refractivity contribution >= 4 is 67.1 Å². The van der Waals surface area contributed by atoms with Crippen molar-refractivity contribution in [1.29, 1.82) is 0 Å². The van der Waals surface area contributed by atoms with E-state index < -0.39 is 26.7 Å². The quantitative estimate of drug-likeness (QED) is 0.175. The summed E-state index contributed by atoms with van der Waals surface area (Å²) in [5, 5.41) is 25.7. The van der Waals surface area contributed by atoms with E-state index >= 15 is 0 Å². The summed E-state index contributed by atoms with van der Waals surface area (Å²) in [6, 6.07) is 15.2. The van der Waals surface area contributed by atoms with E-state index in [-0.39, 0.29) is 51.5 Å². The van der Waals surface area contributed by atoms with Gasteiger partial charge in [0.25, 0.3) is 16.0 Å². The van der Waals surface area contributed by atoms with Crippen LogP contribution in [0.2, 0.25) is 10.0 Å². The summed E-state index contributed by atoms with van der Waals surface area (Å²) in [6.07, 6.45) is 0.372. The molecule has 4 aromatic carbocycles. The van der Waals surface area contributed by atoms with Crippen molar-refractivity contribution in [2.45, 2.75) is 25.2 Å². The van der Waals surface area contributed by atoms with Gasteiger partial charge in [-0.1, -0.05) is 60.1 Å². The summed E-state index contributed by atoms with van der Waals surface area (Å²) in [4.78, 5) is 12.7. The zero-order valence-electron chi connectivity index (χ0n) is 21.7. The Kier molecular flexibility index (Phi) is 10.6. The number of benzene rings is 4. The number of rotatable bonds is 8. The largest absolute Gasteiger partial charge is 1.00 e. The van der Waals surface area contributed by atoms with Crippen LogP contribution in [-0.2, 0) is 16.5 Å². The van der Waals surface area contributed by atoms with E-state index in [9.17, 15) is 22.9 Å². The van der Waals surface area contributed by atoms with Gasteiger partial charge in [0.1, 0.15) is 5.75 Å². The van der Waals surface area contributed by atoms with Gasteiger partial charge < -0.3 is 15.2 Å². The van der Waals surface area contributed by atoms with Gasteiger partial charge in [-0.05, 0) is 60.7 Å². The molecular weight excluding hydrogens is 588 g/mol. The average Bonchev–Trinajstić information content (AvgIpc) is 2.88. The van der Waals surface area contributed by atoms with E-state index in [4.69, 9.17) is 27.9 Å². The molecule has 0 radical (unpaired) electrons. The number of nitrogens with zero attached hydrogens (tertiary/aromatic N) is 2. The molecule has 0 saturated heterocycles. The third kappa shape index (κ3) is 6.95. The van der Waals surface area contributed by atoms with Crippen LogP contribution < -0.4 is 44.7 Å². The molecule has 202 valence electrons. The molecule has 0 spiro atoms. The number of carbonyl (C=O) groups is 1. The van der Waals surface area contributed by atoms with E-state index in [0.29, 0.717) is 45.8 Å². The molecule has 0 bridgehead atoms. The van der Waals surface area contributed by atoms with Crippen molar-refractivity contribution in [3.63, 3.8) is 0 Å². The third-order valence-corrected chi connectivity index (χ3v) is 7.23. The predicted molar refractivity (Wildman–Crippen MR) is 149 cm³/mol. The van der Waals surface area contributed by atoms with Crippen molar-refractivity contribution in [3.05, 3.63) is 81.8 Å². The maximum Gasteiger partial charge on any atom is 1.00 e. The standard InChI is InChI=1S/C27H23Cl2N3O6S.Na/c1-3-18-21(28)13-17(39(35,36)37)14-23(18)31-32-25-19-8-6-5-7-15(19)11-20(26(25)33)27(34)30-16-9-10-24(38-4-2)22(29)12-16;/h5-14,33H,3-4H2,1-2H3,(H,30,34)(H,35,36,37);/q;+1/p-1. The molecule has 0 atom stereocenters. The Hall–Kier alpha value is -2.70. The minimum Gasteiger partial charge on any atom is -0.870 e. The summed E-state index contributed by atoms with van der Waals surface area (Å²) in [5.74, 6) is -0.921. The fraction of sp³-hybridized carbons (Fsp3) is 0.148. The molecule has 4 rings (SSSR count). The van der Waals surface area contributed by atoms with Crippen molar-refractivity contribution in [2.75, 3.05) is 11.9 Å². The average molecular weight is 610 g/mol. The van der Waals surface area contributed by atoms with Gasteiger partial charge in [0, 0.05) is 21.7 Å². The summed E-state index contributed by atoms with van der Waals surface area (Å²) in [6.45, 7) is 4.02. The second-order valence-corrected chi connectivity index (χ2v) is 10.5. The topological polar surface area (TPSA) is 140 Å². The molecular formula is C27H22Cl2N3NaO6S. The zero-order chi connectivity index (χ0) is 28.3. The van der Waals surface area contributed by atoms with Crippen molar-refractivity contribution in [1.82, 2.24) is 0 Å². The van der Waals surface area contributed by atoms with Crippen LogP contribution >= 0.6 is 23.2 Å². The summed E-state index contributed by atoms with van der Waals surface area (Å²) in [7, 11) is -4.57. The Morgan fingerprint density at radius 2 is 1.75 bits per heavy atom. The molecule has 2 N–H and O–H groups in total. The summed E-state index contributed by atoms with van der Waals surface area (Å²) < 4.78 is 38.3. The summed E-state index contributed by atoms with van der Waals surface area (Å²) in [5.41, 5.74) is 0.561. The molecule has 0 saturated carbocycles. The number of halogens is 2. The van der Waals surface area contributed by atoms with Crippen LogP contribution in [0.25, 0.3) is 10.8 Å². The Morgan fingerprint density at radius 1 is 1.02 bits per heavy atom. The van der Waals surface area contributed by atoms with Gasteiger partial charge in [0.2, 0.25) is 0 Å². The van der Waals surface area contributed by atoms with Gasteiger partial charge in [-0.2, -0.15) is 18.6 Å². The number of nitrogens with one attached hydrogen (secondary N) is 1. The number of ether oxygens (including phenoxy) is 1. The van der Waals surface area contributed by atoms with Crippen LogP contribution in [0.1, 0.15) is 29.8 Å². The molecule has 0 aliphatic carbocycles. The number of hydrogen-bond acceptors (Lipinski definition) is 7. The fourth-order valence-electron chi connectivity index (χ4n) is 3.92. The number of anilines is 1. The smallest absolute Gasteiger partial charge is 0.870 e. The van der Waals surface area contributed by atoms with Crippen LogP contribution in [0.3, 0.4) is 0 Å². The molecule has 40 heavy (non-hydrogen) atoms. The van der Waals surface area contributed by atoms with E-state index in [1.165, 1.54) is 12.1 Å². The molecule has 13 heteroatoms. The number of azo groups is 1. The third-order valence-electron chi connectivity index (χ3n) is 5.76. The first-order valence-electron chi connectivity index (χ1n) is 11.7. The van der Waals surface area contributed by atoms with Gasteiger partial charge in [-0.3, -0.25) is 9.35 Å². The van der Waals surface area contributed by atoms with Crippen LogP contribution in [0, 0.1) is 0 Å². The SMILES string of the molecule is CCOc1ccc(NC(=O)c2cc3ccccc3c(N=Nc3cc(S(=O)(=O)O)cc(Cl)c3CC)c2[O-])cc1Cl.[Na+]. The van der Waals surface area contributed by atoms with E-state index in [2.05, 4.69) is 15.5 Å². The predicted octanol–water partition coefficient (Wildman–Crippen LogP) is 4.10. The Labute approximate surface area is 263 Å². The molecule has 9 nitrogen and oxygen atoms in total. The van der Waals surface area contributed by atoms with Gasteiger partial charge in [0.05, 0.1) is 27.9 Å². The van der Waals surface area contributed by atoms with Gasteiger partial charge in [-0.25, -0.2) is 0 Å². The second-order valence-electron chi connectivity index (χ2n) is 8.29.